The number of benzene rings is 2. The average molecular weight is 226 g/mol. The molecule has 0 fully saturated rings. The molecule has 3 rings (SSSR count). The molecule has 0 atom stereocenters. The molecule has 2 aromatic carbocycles. The summed E-state index contributed by atoms with van der Waals surface area (Å²) >= 11 is 0. The third kappa shape index (κ3) is 2.05. The van der Waals surface area contributed by atoms with E-state index >= 15 is 0 Å². The van der Waals surface area contributed by atoms with Gasteiger partial charge in [0.05, 0.1) is 0 Å². The number of fused-ring (bicyclic) bond motifs is 3. The quantitative estimate of drug-likeness (QED) is 0.639. The molecule has 0 saturated carbocycles. The normalized spacial score (nSPS) is 11.5. The number of rotatable bonds is 0. The van der Waals surface area contributed by atoms with Crippen molar-refractivity contribution in [1.82, 2.24) is 0 Å². The third-order valence-corrected chi connectivity index (χ3v) is 2.90. The highest BCUT2D eigenvalue weighted by Gasteiger charge is 2.17. The zero-order valence-electron chi connectivity index (χ0n) is 10.7. The van der Waals surface area contributed by atoms with Crippen LogP contribution in [0.4, 0.5) is 0 Å². The Labute approximate surface area is 103 Å². The van der Waals surface area contributed by atoms with Gasteiger partial charge >= 0.3 is 0 Å². The highest BCUT2D eigenvalue weighted by atomic mass is 16.5. The zero-order valence-corrected chi connectivity index (χ0v) is 10.7. The van der Waals surface area contributed by atoms with Crippen LogP contribution in [0.15, 0.2) is 42.5 Å². The molecule has 0 radical (unpaired) electrons. The van der Waals surface area contributed by atoms with E-state index in [9.17, 15) is 0 Å². The number of hydrogen-bond acceptors (Lipinski definition) is 1. The van der Waals surface area contributed by atoms with Gasteiger partial charge in [-0.2, -0.15) is 0 Å². The van der Waals surface area contributed by atoms with Crippen molar-refractivity contribution in [1.29, 1.82) is 0 Å². The summed E-state index contributed by atoms with van der Waals surface area (Å²) in [6.07, 6.45) is 0. The lowest BCUT2D eigenvalue weighted by atomic mass is 9.94. The third-order valence-electron chi connectivity index (χ3n) is 2.90. The van der Waals surface area contributed by atoms with Crippen LogP contribution in [0.5, 0.6) is 5.75 Å². The predicted molar refractivity (Wildman–Crippen MR) is 72.3 cm³/mol. The van der Waals surface area contributed by atoms with Crippen LogP contribution >= 0.6 is 0 Å². The number of hydrogen-bond donors (Lipinski definition) is 0. The van der Waals surface area contributed by atoms with Gasteiger partial charge in [0.1, 0.15) is 12.4 Å². The van der Waals surface area contributed by atoms with Gasteiger partial charge in [-0.05, 0) is 29.7 Å². The molecule has 88 valence electrons. The molecule has 0 unspecified atom stereocenters. The maximum atomic E-state index is 5.73. The first-order valence-corrected chi connectivity index (χ1v) is 6.17. The molecule has 1 nitrogen and oxygen atoms in total. The molecule has 0 saturated heterocycles. The minimum Gasteiger partial charge on any atom is -0.488 e. The van der Waals surface area contributed by atoms with Gasteiger partial charge in [-0.3, -0.25) is 0 Å². The Morgan fingerprint density at radius 1 is 0.941 bits per heavy atom. The van der Waals surface area contributed by atoms with Crippen molar-refractivity contribution < 1.29 is 4.74 Å². The second kappa shape index (κ2) is 5.05. The molecule has 0 N–H and O–H groups in total. The summed E-state index contributed by atoms with van der Waals surface area (Å²) < 4.78 is 5.73. The summed E-state index contributed by atoms with van der Waals surface area (Å²) in [5, 5.41) is 0. The Morgan fingerprint density at radius 3 is 2.53 bits per heavy atom. The molecular weight excluding hydrogens is 208 g/mol. The largest absolute Gasteiger partial charge is 0.488 e. The smallest absolute Gasteiger partial charge is 0.127 e. The topological polar surface area (TPSA) is 9.23 Å². The molecule has 1 heteroatoms. The van der Waals surface area contributed by atoms with E-state index in [4.69, 9.17) is 4.74 Å². The van der Waals surface area contributed by atoms with Crippen molar-refractivity contribution in [2.75, 3.05) is 0 Å². The van der Waals surface area contributed by atoms with Gasteiger partial charge in [0.2, 0.25) is 0 Å². The Kier molecular flexibility index (Phi) is 3.48. The Balaban J connectivity index is 0.000000514. The molecule has 0 spiro atoms. The maximum Gasteiger partial charge on any atom is 0.127 e. The summed E-state index contributed by atoms with van der Waals surface area (Å²) in [7, 11) is 0. The fourth-order valence-electron chi connectivity index (χ4n) is 2.15. The minimum absolute atomic E-state index is 0.687. The minimum atomic E-state index is 0.687. The van der Waals surface area contributed by atoms with Gasteiger partial charge in [-0.15, -0.1) is 0 Å². The second-order valence-corrected chi connectivity index (χ2v) is 3.89. The fraction of sp³-hybridized carbons (Fsp3) is 0.250. The van der Waals surface area contributed by atoms with Crippen LogP contribution in [0.3, 0.4) is 0 Å². The lowest BCUT2D eigenvalue weighted by Gasteiger charge is -2.22. The van der Waals surface area contributed by atoms with Crippen LogP contribution in [0.2, 0.25) is 0 Å². The van der Waals surface area contributed by atoms with E-state index < -0.39 is 0 Å². The van der Waals surface area contributed by atoms with Crippen molar-refractivity contribution in [2.45, 2.75) is 27.4 Å². The average Bonchev–Trinajstić information content (AvgIpc) is 2.41. The van der Waals surface area contributed by atoms with Gasteiger partial charge in [0, 0.05) is 5.56 Å². The van der Waals surface area contributed by atoms with Crippen molar-refractivity contribution in [3.63, 3.8) is 0 Å². The summed E-state index contributed by atoms with van der Waals surface area (Å²) in [6, 6.07) is 14.7. The van der Waals surface area contributed by atoms with Gasteiger partial charge in [0.25, 0.3) is 0 Å². The van der Waals surface area contributed by atoms with Crippen LogP contribution in [0.25, 0.3) is 11.1 Å². The van der Waals surface area contributed by atoms with Gasteiger partial charge in [-0.1, -0.05) is 50.2 Å². The van der Waals surface area contributed by atoms with Crippen LogP contribution in [-0.2, 0) is 6.61 Å². The summed E-state index contributed by atoms with van der Waals surface area (Å²) in [4.78, 5) is 0. The van der Waals surface area contributed by atoms with Crippen molar-refractivity contribution in [3.05, 3.63) is 53.6 Å². The van der Waals surface area contributed by atoms with E-state index in [2.05, 4.69) is 37.3 Å². The first-order chi connectivity index (χ1) is 8.36. The molecule has 17 heavy (non-hydrogen) atoms. The van der Waals surface area contributed by atoms with Crippen LogP contribution in [0, 0.1) is 6.92 Å². The highest BCUT2D eigenvalue weighted by molar-refractivity contribution is 5.77. The van der Waals surface area contributed by atoms with Crippen LogP contribution in [-0.4, -0.2) is 0 Å². The first kappa shape index (κ1) is 11.7. The molecule has 1 heterocycles. The van der Waals surface area contributed by atoms with E-state index in [0.29, 0.717) is 6.61 Å². The lowest BCUT2D eigenvalue weighted by Crippen LogP contribution is -2.05. The monoisotopic (exact) mass is 226 g/mol. The molecular formula is C16H18O. The van der Waals surface area contributed by atoms with Gasteiger partial charge < -0.3 is 4.74 Å². The molecule has 0 bridgehead atoms. The first-order valence-electron chi connectivity index (χ1n) is 6.17. The molecule has 1 aliphatic heterocycles. The highest BCUT2D eigenvalue weighted by Crippen LogP contribution is 2.39. The van der Waals surface area contributed by atoms with Crippen LogP contribution < -0.4 is 4.74 Å². The number of ether oxygens (including phenoxy) is 1. The van der Waals surface area contributed by atoms with Crippen molar-refractivity contribution in [3.8, 4) is 16.9 Å². The van der Waals surface area contributed by atoms with E-state index in [1.807, 2.05) is 26.0 Å². The van der Waals surface area contributed by atoms with Crippen molar-refractivity contribution in [2.24, 2.45) is 0 Å². The Bertz CT molecular complexity index is 515. The summed E-state index contributed by atoms with van der Waals surface area (Å²) in [5.41, 5.74) is 5.12. The Hall–Kier alpha value is -1.76. The maximum absolute atomic E-state index is 5.73. The van der Waals surface area contributed by atoms with E-state index in [0.717, 1.165) is 5.75 Å². The second-order valence-electron chi connectivity index (χ2n) is 3.89. The van der Waals surface area contributed by atoms with Gasteiger partial charge in [-0.25, -0.2) is 0 Å². The molecule has 0 amide bonds. The van der Waals surface area contributed by atoms with Gasteiger partial charge in [0.15, 0.2) is 0 Å². The molecule has 1 aliphatic rings. The standard InChI is InChI=1S/C14H12O.C2H6/c1-10-5-4-8-13-14(10)12-7-3-2-6-11(12)9-15-13;1-2/h2-8H,9H2,1H3;1-2H3. The summed E-state index contributed by atoms with van der Waals surface area (Å²) in [5.74, 6) is 1.01. The molecule has 2 aromatic rings. The van der Waals surface area contributed by atoms with E-state index in [1.165, 1.54) is 22.3 Å². The zero-order chi connectivity index (χ0) is 12.3. The van der Waals surface area contributed by atoms with E-state index in [1.54, 1.807) is 0 Å². The van der Waals surface area contributed by atoms with Crippen molar-refractivity contribution >= 4 is 0 Å². The predicted octanol–water partition coefficient (Wildman–Crippen LogP) is 4.58. The summed E-state index contributed by atoms with van der Waals surface area (Å²) in [6.45, 7) is 6.82. The van der Waals surface area contributed by atoms with E-state index in [-0.39, 0.29) is 0 Å². The fourth-order valence-corrected chi connectivity index (χ4v) is 2.15. The SMILES string of the molecule is CC.Cc1cccc2c1-c1ccccc1CO2. The molecule has 0 aromatic heterocycles. The lowest BCUT2D eigenvalue weighted by molar-refractivity contribution is 0.302. The van der Waals surface area contributed by atoms with Crippen LogP contribution in [0.1, 0.15) is 25.0 Å². The number of aryl methyl sites for hydroxylation is 1. The molecule has 0 aliphatic carbocycles. The Morgan fingerprint density at radius 2 is 1.71 bits per heavy atom.